The first-order valence-electron chi connectivity index (χ1n) is 11.3. The zero-order valence-corrected chi connectivity index (χ0v) is 17.1. The van der Waals surface area contributed by atoms with Crippen LogP contribution >= 0.6 is 0 Å². The number of hydrogen-bond donors (Lipinski definition) is 1. The van der Waals surface area contributed by atoms with Crippen LogP contribution in [-0.4, -0.2) is 6.04 Å². The van der Waals surface area contributed by atoms with Gasteiger partial charge in [0, 0.05) is 6.04 Å². The van der Waals surface area contributed by atoms with Crippen molar-refractivity contribution >= 4 is 0 Å². The van der Waals surface area contributed by atoms with Gasteiger partial charge in [-0.3, -0.25) is 0 Å². The Hall–Kier alpha value is -0.0400. The highest BCUT2D eigenvalue weighted by Gasteiger charge is 2.32. The Bertz CT molecular complexity index is 339. The van der Waals surface area contributed by atoms with E-state index in [9.17, 15) is 0 Å². The molecule has 1 heteroatoms. The number of rotatable bonds is 10. The summed E-state index contributed by atoms with van der Waals surface area (Å²) in [6.07, 6.45) is 17.2. The molecule has 0 aromatic heterocycles. The minimum Gasteiger partial charge on any atom is -0.328 e. The Balaban J connectivity index is 1.61. The van der Waals surface area contributed by atoms with Crippen LogP contribution in [0.5, 0.6) is 0 Å². The van der Waals surface area contributed by atoms with Gasteiger partial charge in [0.25, 0.3) is 0 Å². The fourth-order valence-corrected chi connectivity index (χ4v) is 5.94. The minimum absolute atomic E-state index is 0.487. The lowest BCUT2D eigenvalue weighted by molar-refractivity contribution is 0.270. The van der Waals surface area contributed by atoms with Crippen molar-refractivity contribution in [1.82, 2.24) is 0 Å². The van der Waals surface area contributed by atoms with E-state index in [-0.39, 0.29) is 0 Å². The molecule has 2 fully saturated rings. The van der Waals surface area contributed by atoms with Gasteiger partial charge in [0.05, 0.1) is 0 Å². The molecule has 0 radical (unpaired) electrons. The molecule has 24 heavy (non-hydrogen) atoms. The van der Waals surface area contributed by atoms with Crippen LogP contribution in [0.2, 0.25) is 0 Å². The molecule has 1 nitrogen and oxygen atoms in total. The van der Waals surface area contributed by atoms with Crippen LogP contribution in [0.3, 0.4) is 0 Å². The van der Waals surface area contributed by atoms with Crippen LogP contribution in [0.4, 0.5) is 0 Å². The Morgan fingerprint density at radius 3 is 2.38 bits per heavy atom. The summed E-state index contributed by atoms with van der Waals surface area (Å²) in [4.78, 5) is 0. The summed E-state index contributed by atoms with van der Waals surface area (Å²) in [5.41, 5.74) is 6.14. The monoisotopic (exact) mass is 335 g/mol. The molecule has 2 rings (SSSR count). The molecular formula is C23H45N. The molecule has 7 unspecified atom stereocenters. The highest BCUT2D eigenvalue weighted by molar-refractivity contribution is 4.84. The van der Waals surface area contributed by atoms with E-state index in [1.54, 1.807) is 0 Å². The van der Waals surface area contributed by atoms with Crippen LogP contribution in [-0.2, 0) is 0 Å². The molecule has 2 aliphatic carbocycles. The predicted molar refractivity (Wildman–Crippen MR) is 107 cm³/mol. The second-order valence-corrected chi connectivity index (χ2v) is 9.71. The predicted octanol–water partition coefficient (Wildman–Crippen LogP) is 6.80. The third-order valence-corrected chi connectivity index (χ3v) is 7.53. The summed E-state index contributed by atoms with van der Waals surface area (Å²) < 4.78 is 0. The fraction of sp³-hybridized carbons (Fsp3) is 1.00. The Labute approximate surface area is 152 Å². The molecular weight excluding hydrogens is 290 g/mol. The summed E-state index contributed by atoms with van der Waals surface area (Å²) in [6.45, 7) is 9.76. The molecule has 0 aromatic carbocycles. The SMILES string of the molecule is CCCCC1CCC(C)C1CCCCC(C)CC1CC(N)CC1C. The lowest BCUT2D eigenvalue weighted by Crippen LogP contribution is -2.15. The standard InChI is InChI=1S/C23H45N/c1-5-6-10-20-13-12-18(3)23(20)11-8-7-9-17(2)14-21-16-22(24)15-19(21)4/h17-23H,5-16,24H2,1-4H3. The number of unbranched alkanes of at least 4 members (excludes halogenated alkanes) is 2. The number of nitrogens with two attached hydrogens (primary N) is 1. The van der Waals surface area contributed by atoms with Crippen molar-refractivity contribution in [1.29, 1.82) is 0 Å². The maximum absolute atomic E-state index is 6.14. The first kappa shape index (κ1) is 20.3. The lowest BCUT2D eigenvalue weighted by Gasteiger charge is -2.24. The summed E-state index contributed by atoms with van der Waals surface area (Å²) in [7, 11) is 0. The number of hydrogen-bond acceptors (Lipinski definition) is 1. The van der Waals surface area contributed by atoms with Gasteiger partial charge in [-0.25, -0.2) is 0 Å². The van der Waals surface area contributed by atoms with E-state index < -0.39 is 0 Å². The fourth-order valence-electron chi connectivity index (χ4n) is 5.94. The largest absolute Gasteiger partial charge is 0.328 e. The summed E-state index contributed by atoms with van der Waals surface area (Å²) >= 11 is 0. The van der Waals surface area contributed by atoms with Crippen LogP contribution in [0, 0.1) is 35.5 Å². The van der Waals surface area contributed by atoms with Gasteiger partial charge in [-0.05, 0) is 67.6 Å². The Kier molecular flexibility index (Phi) is 8.61. The average molecular weight is 336 g/mol. The summed E-state index contributed by atoms with van der Waals surface area (Å²) in [6, 6.07) is 0.487. The quantitative estimate of drug-likeness (QED) is 0.436. The molecule has 142 valence electrons. The highest BCUT2D eigenvalue weighted by Crippen LogP contribution is 2.42. The van der Waals surface area contributed by atoms with Gasteiger partial charge in [-0.2, -0.15) is 0 Å². The smallest absolute Gasteiger partial charge is 0.00442 e. The maximum Gasteiger partial charge on any atom is 0.00442 e. The van der Waals surface area contributed by atoms with Gasteiger partial charge >= 0.3 is 0 Å². The highest BCUT2D eigenvalue weighted by atomic mass is 14.7. The van der Waals surface area contributed by atoms with E-state index in [0.717, 1.165) is 35.5 Å². The van der Waals surface area contributed by atoms with E-state index >= 15 is 0 Å². The second-order valence-electron chi connectivity index (χ2n) is 9.71. The Morgan fingerprint density at radius 2 is 1.71 bits per heavy atom. The van der Waals surface area contributed by atoms with Crippen LogP contribution < -0.4 is 5.73 Å². The van der Waals surface area contributed by atoms with Crippen molar-refractivity contribution in [3.63, 3.8) is 0 Å². The van der Waals surface area contributed by atoms with Crippen molar-refractivity contribution < 1.29 is 0 Å². The molecule has 2 saturated carbocycles. The minimum atomic E-state index is 0.487. The van der Waals surface area contributed by atoms with Gasteiger partial charge < -0.3 is 5.73 Å². The van der Waals surface area contributed by atoms with E-state index in [0.29, 0.717) is 6.04 Å². The molecule has 7 atom stereocenters. The lowest BCUT2D eigenvalue weighted by atomic mass is 9.82. The zero-order chi connectivity index (χ0) is 17.5. The summed E-state index contributed by atoms with van der Waals surface area (Å²) in [5.74, 6) is 5.76. The molecule has 0 bridgehead atoms. The van der Waals surface area contributed by atoms with Gasteiger partial charge in [-0.15, -0.1) is 0 Å². The third kappa shape index (κ3) is 6.04. The van der Waals surface area contributed by atoms with Gasteiger partial charge in [-0.1, -0.05) is 72.6 Å². The molecule has 0 spiro atoms. The average Bonchev–Trinajstić information content (AvgIpc) is 3.04. The van der Waals surface area contributed by atoms with E-state index in [4.69, 9.17) is 5.73 Å². The molecule has 0 heterocycles. The van der Waals surface area contributed by atoms with E-state index in [1.807, 2.05) is 0 Å². The van der Waals surface area contributed by atoms with E-state index in [2.05, 4.69) is 27.7 Å². The van der Waals surface area contributed by atoms with Crippen LogP contribution in [0.1, 0.15) is 105 Å². The third-order valence-electron chi connectivity index (χ3n) is 7.53. The van der Waals surface area contributed by atoms with Crippen molar-refractivity contribution in [3.05, 3.63) is 0 Å². The van der Waals surface area contributed by atoms with Crippen LogP contribution in [0.15, 0.2) is 0 Å². The van der Waals surface area contributed by atoms with Crippen molar-refractivity contribution in [2.24, 2.45) is 41.2 Å². The van der Waals surface area contributed by atoms with Gasteiger partial charge in [0.2, 0.25) is 0 Å². The molecule has 0 aliphatic heterocycles. The van der Waals surface area contributed by atoms with Crippen molar-refractivity contribution in [2.45, 2.75) is 111 Å². The normalized spacial score (nSPS) is 37.9. The maximum atomic E-state index is 6.14. The molecule has 0 saturated heterocycles. The Morgan fingerprint density at radius 1 is 0.917 bits per heavy atom. The first-order valence-corrected chi connectivity index (χ1v) is 11.3. The van der Waals surface area contributed by atoms with Gasteiger partial charge in [0.15, 0.2) is 0 Å². The first-order chi connectivity index (χ1) is 11.5. The topological polar surface area (TPSA) is 26.0 Å². The van der Waals surface area contributed by atoms with Gasteiger partial charge in [0.1, 0.15) is 0 Å². The van der Waals surface area contributed by atoms with Crippen LogP contribution in [0.25, 0.3) is 0 Å². The van der Waals surface area contributed by atoms with E-state index in [1.165, 1.54) is 77.0 Å². The molecule has 2 N–H and O–H groups in total. The molecule has 0 amide bonds. The van der Waals surface area contributed by atoms with Crippen molar-refractivity contribution in [2.75, 3.05) is 0 Å². The zero-order valence-electron chi connectivity index (χ0n) is 17.1. The second kappa shape index (κ2) is 10.2. The molecule has 2 aliphatic rings. The summed E-state index contributed by atoms with van der Waals surface area (Å²) in [5, 5.41) is 0. The molecule has 0 aromatic rings. The van der Waals surface area contributed by atoms with Crippen molar-refractivity contribution in [3.8, 4) is 0 Å².